The van der Waals surface area contributed by atoms with Crippen molar-refractivity contribution >= 4 is 33.4 Å². The Labute approximate surface area is 201 Å². The van der Waals surface area contributed by atoms with E-state index in [0.717, 1.165) is 18.0 Å². The number of halogens is 1. The van der Waals surface area contributed by atoms with Crippen LogP contribution >= 0.6 is 15.9 Å². The van der Waals surface area contributed by atoms with E-state index in [2.05, 4.69) is 47.1 Å². The molecular weight excluding hydrogens is 484 g/mol. The molecule has 2 heterocycles. The Morgan fingerprint density at radius 1 is 1.09 bits per heavy atom. The van der Waals surface area contributed by atoms with Gasteiger partial charge in [0.2, 0.25) is 0 Å². The van der Waals surface area contributed by atoms with Crippen molar-refractivity contribution in [3.05, 3.63) is 56.4 Å². The number of nitrogens with zero attached hydrogens (tertiary/aromatic N) is 3. The van der Waals surface area contributed by atoms with Gasteiger partial charge < -0.3 is 5.32 Å². The van der Waals surface area contributed by atoms with Gasteiger partial charge in [-0.3, -0.25) is 19.3 Å². The maximum atomic E-state index is 12.9. The van der Waals surface area contributed by atoms with Crippen LogP contribution in [0.4, 0.5) is 5.69 Å². The summed E-state index contributed by atoms with van der Waals surface area (Å²) in [5.74, 6) is 1.42. The van der Waals surface area contributed by atoms with E-state index in [4.69, 9.17) is 0 Å². The Balaban J connectivity index is 1.22. The summed E-state index contributed by atoms with van der Waals surface area (Å²) in [5, 5.41) is 7.92. The predicted molar refractivity (Wildman–Crippen MR) is 129 cm³/mol. The molecule has 174 valence electrons. The second kappa shape index (κ2) is 8.08. The number of aryl methyl sites for hydroxylation is 1. The molecule has 2 aromatic rings. The molecular formula is C25H29BrN4O3. The average molecular weight is 513 g/mol. The minimum Gasteiger partial charge on any atom is -0.380 e. The molecule has 2 amide bonds. The van der Waals surface area contributed by atoms with Gasteiger partial charge in [-0.2, -0.15) is 5.10 Å². The number of carbonyl (C=O) groups is 2. The lowest BCUT2D eigenvalue weighted by molar-refractivity contribution is -0.105. The average Bonchev–Trinajstić information content (AvgIpc) is 3.04. The fraction of sp³-hybridized carbons (Fsp3) is 0.520. The summed E-state index contributed by atoms with van der Waals surface area (Å²) < 4.78 is 1.86. The summed E-state index contributed by atoms with van der Waals surface area (Å²) in [6.45, 7) is 7.62. The van der Waals surface area contributed by atoms with Crippen molar-refractivity contribution in [2.24, 2.45) is 23.2 Å². The Morgan fingerprint density at radius 3 is 2.36 bits per heavy atom. The molecule has 0 radical (unpaired) electrons. The number of benzene rings is 1. The van der Waals surface area contributed by atoms with Crippen LogP contribution < -0.4 is 10.9 Å². The van der Waals surface area contributed by atoms with Gasteiger partial charge in [0, 0.05) is 19.1 Å². The molecule has 1 aliphatic heterocycles. The van der Waals surface area contributed by atoms with Gasteiger partial charge in [0.15, 0.2) is 0 Å². The third-order valence-electron chi connectivity index (χ3n) is 8.31. The summed E-state index contributed by atoms with van der Waals surface area (Å²) in [5.41, 5.74) is 1.81. The molecule has 0 spiro atoms. The number of hydrogen-bond donors (Lipinski definition) is 1. The highest BCUT2D eigenvalue weighted by Crippen LogP contribution is 2.61. The first-order valence-corrected chi connectivity index (χ1v) is 12.5. The SMILES string of the molecule is C[C@@H]1[C@H]2C[C@@H](C[C@H]1Nc1cnn(CCCN3C(=O)c4ccccc4C3=O)c(=O)c1Br)C2(C)C. The fourth-order valence-corrected chi connectivity index (χ4v) is 6.51. The van der Waals surface area contributed by atoms with E-state index >= 15 is 0 Å². The third-order valence-corrected chi connectivity index (χ3v) is 9.08. The normalized spacial score (nSPS) is 27.3. The summed E-state index contributed by atoms with van der Waals surface area (Å²) >= 11 is 3.47. The zero-order valence-electron chi connectivity index (χ0n) is 19.2. The highest BCUT2D eigenvalue weighted by molar-refractivity contribution is 9.10. The predicted octanol–water partition coefficient (Wildman–Crippen LogP) is 4.17. The minimum absolute atomic E-state index is 0.212. The first-order valence-electron chi connectivity index (χ1n) is 11.7. The second-order valence-corrected chi connectivity index (χ2v) is 11.1. The Hall–Kier alpha value is -2.48. The number of fused-ring (bicyclic) bond motifs is 3. The zero-order chi connectivity index (χ0) is 23.5. The quantitative estimate of drug-likeness (QED) is 0.587. The van der Waals surface area contributed by atoms with E-state index in [1.165, 1.54) is 16.0 Å². The monoisotopic (exact) mass is 512 g/mol. The lowest BCUT2D eigenvalue weighted by atomic mass is 9.45. The van der Waals surface area contributed by atoms with Crippen molar-refractivity contribution in [2.75, 3.05) is 11.9 Å². The van der Waals surface area contributed by atoms with E-state index < -0.39 is 0 Å². The molecule has 1 aromatic carbocycles. The molecule has 3 aliphatic carbocycles. The van der Waals surface area contributed by atoms with Crippen LogP contribution in [0.3, 0.4) is 0 Å². The Bertz CT molecular complexity index is 1160. The smallest absolute Gasteiger partial charge is 0.283 e. The minimum atomic E-state index is -0.278. The highest BCUT2D eigenvalue weighted by Gasteiger charge is 2.56. The standard InChI is InChI=1S/C25H29BrN4O3/c1-14-18-11-15(25(18,2)3)12-19(14)28-20-13-27-30(24(33)21(20)26)10-6-9-29-22(31)16-7-4-5-8-17(16)23(29)32/h4-5,7-8,13-15,18-19,28H,6,9-12H2,1-3H3/t14-,15+,18-,19-/m1/s1. The first-order chi connectivity index (χ1) is 15.7. The zero-order valence-corrected chi connectivity index (χ0v) is 20.8. The van der Waals surface area contributed by atoms with Crippen molar-refractivity contribution in [2.45, 2.75) is 52.6 Å². The van der Waals surface area contributed by atoms with E-state index in [0.29, 0.717) is 51.9 Å². The highest BCUT2D eigenvalue weighted by atomic mass is 79.9. The summed E-state index contributed by atoms with van der Waals surface area (Å²) in [7, 11) is 0. The lowest BCUT2D eigenvalue weighted by Crippen LogP contribution is -2.58. The van der Waals surface area contributed by atoms with Crippen LogP contribution in [0.1, 0.15) is 60.7 Å². The van der Waals surface area contributed by atoms with E-state index in [1.807, 2.05) is 0 Å². The van der Waals surface area contributed by atoms with E-state index in [9.17, 15) is 14.4 Å². The van der Waals surface area contributed by atoms with Gasteiger partial charge in [0.1, 0.15) is 4.47 Å². The van der Waals surface area contributed by atoms with Gasteiger partial charge >= 0.3 is 0 Å². The summed E-state index contributed by atoms with van der Waals surface area (Å²) in [6.07, 6.45) is 4.57. The number of anilines is 1. The first kappa shape index (κ1) is 22.3. The fourth-order valence-electron chi connectivity index (χ4n) is 6.09. The maximum Gasteiger partial charge on any atom is 0.283 e. The lowest BCUT2D eigenvalue weighted by Gasteiger charge is -2.62. The van der Waals surface area contributed by atoms with Crippen LogP contribution in [0.15, 0.2) is 39.7 Å². The molecule has 4 atom stereocenters. The van der Waals surface area contributed by atoms with Gasteiger partial charge in [0.05, 0.1) is 23.0 Å². The molecule has 0 unspecified atom stereocenters. The molecule has 2 bridgehead atoms. The van der Waals surface area contributed by atoms with Crippen LogP contribution in [0.5, 0.6) is 0 Å². The maximum absolute atomic E-state index is 12.9. The van der Waals surface area contributed by atoms with Crippen LogP contribution in [0, 0.1) is 23.2 Å². The molecule has 0 saturated heterocycles. The third kappa shape index (κ3) is 3.54. The van der Waals surface area contributed by atoms with Gasteiger partial charge in [-0.1, -0.05) is 32.9 Å². The second-order valence-electron chi connectivity index (χ2n) is 10.3. The molecule has 33 heavy (non-hydrogen) atoms. The van der Waals surface area contributed by atoms with Crippen molar-refractivity contribution in [3.8, 4) is 0 Å². The summed E-state index contributed by atoms with van der Waals surface area (Å²) in [6, 6.07) is 7.18. The number of nitrogens with one attached hydrogen (secondary N) is 1. The Morgan fingerprint density at radius 2 is 1.76 bits per heavy atom. The number of aromatic nitrogens is 2. The van der Waals surface area contributed by atoms with Crippen LogP contribution in [0.25, 0.3) is 0 Å². The number of imide groups is 1. The summed E-state index contributed by atoms with van der Waals surface area (Å²) in [4.78, 5) is 39.1. The van der Waals surface area contributed by atoms with E-state index in [1.54, 1.807) is 30.5 Å². The number of carbonyl (C=O) groups excluding carboxylic acids is 2. The van der Waals surface area contributed by atoms with E-state index in [-0.39, 0.29) is 23.9 Å². The molecule has 3 saturated carbocycles. The molecule has 1 N–H and O–H groups in total. The van der Waals surface area contributed by atoms with Crippen molar-refractivity contribution in [1.82, 2.24) is 14.7 Å². The van der Waals surface area contributed by atoms with Crippen molar-refractivity contribution in [3.63, 3.8) is 0 Å². The van der Waals surface area contributed by atoms with Gasteiger partial charge in [-0.15, -0.1) is 0 Å². The van der Waals surface area contributed by atoms with Crippen LogP contribution in [0.2, 0.25) is 0 Å². The largest absolute Gasteiger partial charge is 0.380 e. The number of hydrogen-bond acceptors (Lipinski definition) is 5. The van der Waals surface area contributed by atoms with Gasteiger partial charge in [0.25, 0.3) is 17.4 Å². The van der Waals surface area contributed by atoms with Gasteiger partial charge in [-0.05, 0) is 70.5 Å². The Kier molecular flexibility index (Phi) is 5.46. The van der Waals surface area contributed by atoms with Crippen LogP contribution in [-0.2, 0) is 6.54 Å². The van der Waals surface area contributed by atoms with Gasteiger partial charge in [-0.25, -0.2) is 4.68 Å². The molecule has 6 rings (SSSR count). The van der Waals surface area contributed by atoms with Crippen molar-refractivity contribution < 1.29 is 9.59 Å². The number of amides is 2. The molecule has 4 aliphatic rings. The van der Waals surface area contributed by atoms with Crippen molar-refractivity contribution in [1.29, 1.82) is 0 Å². The molecule has 8 heteroatoms. The topological polar surface area (TPSA) is 84.3 Å². The molecule has 1 aromatic heterocycles. The van der Waals surface area contributed by atoms with Crippen LogP contribution in [-0.4, -0.2) is 39.1 Å². The molecule has 7 nitrogen and oxygen atoms in total. The number of rotatable bonds is 6. The molecule has 3 fully saturated rings.